The number of hydrogen-bond acceptors (Lipinski definition) is 2. The Balaban J connectivity index is 2.55. The molecular weight excluding hydrogens is 198 g/mol. The van der Waals surface area contributed by atoms with Gasteiger partial charge in [0.25, 0.3) is 0 Å². The minimum Gasteiger partial charge on any atom is -0.493 e. The van der Waals surface area contributed by atoms with E-state index in [9.17, 15) is 0 Å². The van der Waals surface area contributed by atoms with Crippen molar-refractivity contribution in [1.29, 1.82) is 0 Å². The highest BCUT2D eigenvalue weighted by Gasteiger charge is 2.02. The van der Waals surface area contributed by atoms with Crippen molar-refractivity contribution in [3.63, 3.8) is 0 Å². The molecule has 78 valence electrons. The monoisotopic (exact) mass is 213 g/mol. The first kappa shape index (κ1) is 11.3. The lowest BCUT2D eigenvalue weighted by Gasteiger charge is -2.11. The van der Waals surface area contributed by atoms with E-state index in [2.05, 4.69) is 6.92 Å². The van der Waals surface area contributed by atoms with Crippen molar-refractivity contribution in [1.82, 2.24) is 0 Å². The Morgan fingerprint density at radius 1 is 1.50 bits per heavy atom. The van der Waals surface area contributed by atoms with E-state index in [1.54, 1.807) is 0 Å². The van der Waals surface area contributed by atoms with Crippen molar-refractivity contribution in [2.75, 3.05) is 13.2 Å². The zero-order chi connectivity index (χ0) is 10.6. The Bertz CT molecular complexity index is 301. The van der Waals surface area contributed by atoms with Gasteiger partial charge in [0, 0.05) is 10.9 Å². The second-order valence-electron chi connectivity index (χ2n) is 3.56. The fourth-order valence-electron chi connectivity index (χ4n) is 1.01. The number of rotatable bonds is 4. The quantitative estimate of drug-likeness (QED) is 0.835. The lowest BCUT2D eigenvalue weighted by atomic mass is 10.2. The SMILES string of the molecule is Cc1cc(OCC(C)CN)ccc1Cl. The summed E-state index contributed by atoms with van der Waals surface area (Å²) in [5, 5.41) is 0.768. The predicted octanol–water partition coefficient (Wildman–Crippen LogP) is 2.62. The molecule has 1 atom stereocenters. The van der Waals surface area contributed by atoms with Gasteiger partial charge in [0.2, 0.25) is 0 Å². The number of nitrogens with two attached hydrogens (primary N) is 1. The summed E-state index contributed by atoms with van der Waals surface area (Å²) in [6, 6.07) is 5.66. The van der Waals surface area contributed by atoms with Crippen LogP contribution >= 0.6 is 11.6 Å². The van der Waals surface area contributed by atoms with E-state index in [4.69, 9.17) is 22.1 Å². The van der Waals surface area contributed by atoms with E-state index in [1.165, 1.54) is 0 Å². The van der Waals surface area contributed by atoms with Crippen LogP contribution in [0.15, 0.2) is 18.2 Å². The highest BCUT2D eigenvalue weighted by molar-refractivity contribution is 6.31. The maximum Gasteiger partial charge on any atom is 0.119 e. The molecule has 0 spiro atoms. The number of hydrogen-bond donors (Lipinski definition) is 1. The van der Waals surface area contributed by atoms with E-state index >= 15 is 0 Å². The second kappa shape index (κ2) is 5.23. The van der Waals surface area contributed by atoms with Crippen molar-refractivity contribution in [3.05, 3.63) is 28.8 Å². The van der Waals surface area contributed by atoms with Gasteiger partial charge in [0.15, 0.2) is 0 Å². The van der Waals surface area contributed by atoms with Crippen LogP contribution in [0.1, 0.15) is 12.5 Å². The normalized spacial score (nSPS) is 12.6. The van der Waals surface area contributed by atoms with Crippen LogP contribution in [0.3, 0.4) is 0 Å². The Kier molecular flexibility index (Phi) is 4.23. The average molecular weight is 214 g/mol. The smallest absolute Gasteiger partial charge is 0.119 e. The van der Waals surface area contributed by atoms with Crippen molar-refractivity contribution in [2.24, 2.45) is 11.7 Å². The first-order chi connectivity index (χ1) is 6.63. The van der Waals surface area contributed by atoms with Crippen LogP contribution in [0.25, 0.3) is 0 Å². The van der Waals surface area contributed by atoms with E-state index in [0.717, 1.165) is 16.3 Å². The molecule has 0 fully saturated rings. The van der Waals surface area contributed by atoms with E-state index in [-0.39, 0.29) is 0 Å². The standard InChI is InChI=1S/C11H16ClNO/c1-8(6-13)7-14-10-3-4-11(12)9(2)5-10/h3-5,8H,6-7,13H2,1-2H3. The minimum absolute atomic E-state index is 0.381. The summed E-state index contributed by atoms with van der Waals surface area (Å²) in [7, 11) is 0. The molecule has 1 aromatic rings. The molecule has 2 nitrogen and oxygen atoms in total. The lowest BCUT2D eigenvalue weighted by molar-refractivity contribution is 0.264. The van der Waals surface area contributed by atoms with Crippen LogP contribution in [0.2, 0.25) is 5.02 Å². The minimum atomic E-state index is 0.381. The van der Waals surface area contributed by atoms with E-state index in [0.29, 0.717) is 19.1 Å². The molecule has 0 aromatic heterocycles. The van der Waals surface area contributed by atoms with Crippen molar-refractivity contribution >= 4 is 11.6 Å². The molecule has 14 heavy (non-hydrogen) atoms. The molecule has 1 rings (SSSR count). The molecule has 0 aliphatic rings. The van der Waals surface area contributed by atoms with Crippen LogP contribution in [0.5, 0.6) is 5.75 Å². The highest BCUT2D eigenvalue weighted by atomic mass is 35.5. The van der Waals surface area contributed by atoms with Gasteiger partial charge in [-0.15, -0.1) is 0 Å². The van der Waals surface area contributed by atoms with Crippen molar-refractivity contribution in [3.8, 4) is 5.75 Å². The van der Waals surface area contributed by atoms with Crippen LogP contribution in [0.4, 0.5) is 0 Å². The number of halogens is 1. The van der Waals surface area contributed by atoms with E-state index < -0.39 is 0 Å². The van der Waals surface area contributed by atoms with Gasteiger partial charge in [-0.1, -0.05) is 18.5 Å². The molecular formula is C11H16ClNO. The van der Waals surface area contributed by atoms with Gasteiger partial charge >= 0.3 is 0 Å². The van der Waals surface area contributed by atoms with Crippen LogP contribution < -0.4 is 10.5 Å². The van der Waals surface area contributed by atoms with Crippen molar-refractivity contribution in [2.45, 2.75) is 13.8 Å². The summed E-state index contributed by atoms with van der Waals surface area (Å²) in [6.07, 6.45) is 0. The molecule has 0 aliphatic carbocycles. The van der Waals surface area contributed by atoms with Crippen LogP contribution in [0, 0.1) is 12.8 Å². The van der Waals surface area contributed by atoms with Crippen LogP contribution in [-0.2, 0) is 0 Å². The van der Waals surface area contributed by atoms with Gasteiger partial charge < -0.3 is 10.5 Å². The molecule has 0 amide bonds. The molecule has 1 aromatic carbocycles. The number of aryl methyl sites for hydroxylation is 1. The zero-order valence-corrected chi connectivity index (χ0v) is 9.34. The molecule has 3 heteroatoms. The maximum absolute atomic E-state index is 5.90. The van der Waals surface area contributed by atoms with Gasteiger partial charge in [0.1, 0.15) is 5.75 Å². The molecule has 0 aliphatic heterocycles. The van der Waals surface area contributed by atoms with Gasteiger partial charge in [0.05, 0.1) is 6.61 Å². The van der Waals surface area contributed by atoms with Crippen molar-refractivity contribution < 1.29 is 4.74 Å². The molecule has 0 saturated carbocycles. The second-order valence-corrected chi connectivity index (χ2v) is 3.97. The third kappa shape index (κ3) is 3.20. The third-order valence-electron chi connectivity index (χ3n) is 2.07. The molecule has 0 bridgehead atoms. The molecule has 0 radical (unpaired) electrons. The van der Waals surface area contributed by atoms with Gasteiger partial charge in [-0.05, 0) is 37.2 Å². The maximum atomic E-state index is 5.90. The average Bonchev–Trinajstić information content (AvgIpc) is 2.19. The fourth-order valence-corrected chi connectivity index (χ4v) is 1.13. The lowest BCUT2D eigenvalue weighted by Crippen LogP contribution is -2.18. The molecule has 2 N–H and O–H groups in total. The summed E-state index contributed by atoms with van der Waals surface area (Å²) in [6.45, 7) is 5.31. The highest BCUT2D eigenvalue weighted by Crippen LogP contribution is 2.21. The number of ether oxygens (including phenoxy) is 1. The fraction of sp³-hybridized carbons (Fsp3) is 0.455. The molecule has 1 unspecified atom stereocenters. The van der Waals surface area contributed by atoms with Gasteiger partial charge in [-0.2, -0.15) is 0 Å². The summed E-state index contributed by atoms with van der Waals surface area (Å²) in [5.74, 6) is 1.23. The summed E-state index contributed by atoms with van der Waals surface area (Å²) in [4.78, 5) is 0. The van der Waals surface area contributed by atoms with Crippen LogP contribution in [-0.4, -0.2) is 13.2 Å². The Morgan fingerprint density at radius 3 is 2.79 bits per heavy atom. The van der Waals surface area contributed by atoms with Gasteiger partial charge in [-0.25, -0.2) is 0 Å². The topological polar surface area (TPSA) is 35.2 Å². The Morgan fingerprint density at radius 2 is 2.21 bits per heavy atom. The van der Waals surface area contributed by atoms with E-state index in [1.807, 2.05) is 25.1 Å². The largest absolute Gasteiger partial charge is 0.493 e. The predicted molar refractivity (Wildman–Crippen MR) is 59.9 cm³/mol. The third-order valence-corrected chi connectivity index (χ3v) is 2.49. The molecule has 0 saturated heterocycles. The summed E-state index contributed by atoms with van der Waals surface area (Å²) in [5.41, 5.74) is 6.52. The first-order valence-electron chi connectivity index (χ1n) is 4.72. The number of benzene rings is 1. The summed E-state index contributed by atoms with van der Waals surface area (Å²) >= 11 is 5.90. The van der Waals surface area contributed by atoms with Gasteiger partial charge in [-0.3, -0.25) is 0 Å². The summed E-state index contributed by atoms with van der Waals surface area (Å²) < 4.78 is 5.56. The first-order valence-corrected chi connectivity index (χ1v) is 5.10. The Hall–Kier alpha value is -0.730. The Labute approximate surface area is 90.0 Å². The zero-order valence-electron chi connectivity index (χ0n) is 8.59. The molecule has 0 heterocycles.